The standard InChI is InChI=1S/C18H19N3O/c1-14(16-7-3-2-4-8-16)21-18(22)10-11-20-17-9-5-6-15(12-17)13-19/h2-9,12,14,20H,10-11H2,1H3,(H,21,22). The molecule has 0 spiro atoms. The van der Waals surface area contributed by atoms with Crippen molar-refractivity contribution in [1.29, 1.82) is 5.26 Å². The lowest BCUT2D eigenvalue weighted by Crippen LogP contribution is -2.28. The molecule has 0 bridgehead atoms. The Morgan fingerprint density at radius 3 is 2.68 bits per heavy atom. The van der Waals surface area contributed by atoms with E-state index in [0.29, 0.717) is 18.5 Å². The Bertz CT molecular complexity index is 662. The van der Waals surface area contributed by atoms with Gasteiger partial charge >= 0.3 is 0 Å². The first-order chi connectivity index (χ1) is 10.7. The number of amides is 1. The molecule has 0 saturated carbocycles. The first kappa shape index (κ1) is 15.6. The van der Waals surface area contributed by atoms with Gasteiger partial charge in [-0.15, -0.1) is 0 Å². The molecule has 0 aromatic heterocycles. The maximum atomic E-state index is 11.9. The monoisotopic (exact) mass is 293 g/mol. The average molecular weight is 293 g/mol. The number of carbonyl (C=O) groups excluding carboxylic acids is 1. The van der Waals surface area contributed by atoms with E-state index in [-0.39, 0.29) is 11.9 Å². The third-order valence-electron chi connectivity index (χ3n) is 3.35. The Hall–Kier alpha value is -2.80. The molecule has 112 valence electrons. The highest BCUT2D eigenvalue weighted by Gasteiger charge is 2.08. The van der Waals surface area contributed by atoms with Crippen molar-refractivity contribution in [2.45, 2.75) is 19.4 Å². The van der Waals surface area contributed by atoms with Crippen molar-refractivity contribution >= 4 is 11.6 Å². The Morgan fingerprint density at radius 2 is 1.95 bits per heavy atom. The fourth-order valence-electron chi connectivity index (χ4n) is 2.16. The summed E-state index contributed by atoms with van der Waals surface area (Å²) >= 11 is 0. The fourth-order valence-corrected chi connectivity index (χ4v) is 2.16. The van der Waals surface area contributed by atoms with Crippen LogP contribution < -0.4 is 10.6 Å². The van der Waals surface area contributed by atoms with Crippen LogP contribution in [-0.2, 0) is 4.79 Å². The van der Waals surface area contributed by atoms with E-state index in [9.17, 15) is 4.79 Å². The van der Waals surface area contributed by atoms with Gasteiger partial charge in [-0.05, 0) is 30.7 Å². The van der Waals surface area contributed by atoms with Gasteiger partial charge in [0.15, 0.2) is 0 Å². The first-order valence-corrected chi connectivity index (χ1v) is 7.27. The number of nitrogens with zero attached hydrogens (tertiary/aromatic N) is 1. The maximum Gasteiger partial charge on any atom is 0.222 e. The van der Waals surface area contributed by atoms with Crippen LogP contribution in [0.3, 0.4) is 0 Å². The summed E-state index contributed by atoms with van der Waals surface area (Å²) in [6, 6.07) is 19.2. The number of benzene rings is 2. The summed E-state index contributed by atoms with van der Waals surface area (Å²) in [6.07, 6.45) is 0.383. The molecule has 0 heterocycles. The maximum absolute atomic E-state index is 11.9. The Morgan fingerprint density at radius 1 is 1.18 bits per heavy atom. The van der Waals surface area contributed by atoms with E-state index in [1.807, 2.05) is 49.4 Å². The summed E-state index contributed by atoms with van der Waals surface area (Å²) < 4.78 is 0. The summed E-state index contributed by atoms with van der Waals surface area (Å²) in [7, 11) is 0. The van der Waals surface area contributed by atoms with Gasteiger partial charge in [-0.1, -0.05) is 36.4 Å². The van der Waals surface area contributed by atoms with Crippen LogP contribution in [0.1, 0.15) is 30.5 Å². The molecule has 0 saturated heterocycles. The van der Waals surface area contributed by atoms with Crippen molar-refractivity contribution in [3.63, 3.8) is 0 Å². The lowest BCUT2D eigenvalue weighted by Gasteiger charge is -2.14. The number of nitrogens with one attached hydrogen (secondary N) is 2. The van der Waals surface area contributed by atoms with Crippen molar-refractivity contribution in [2.75, 3.05) is 11.9 Å². The normalized spacial score (nSPS) is 11.3. The third-order valence-corrected chi connectivity index (χ3v) is 3.35. The van der Waals surface area contributed by atoms with E-state index in [2.05, 4.69) is 16.7 Å². The van der Waals surface area contributed by atoms with Crippen LogP contribution >= 0.6 is 0 Å². The Labute approximate surface area is 130 Å². The van der Waals surface area contributed by atoms with Gasteiger partial charge in [0.05, 0.1) is 17.7 Å². The second kappa shape index (κ2) is 7.84. The second-order valence-electron chi connectivity index (χ2n) is 5.07. The SMILES string of the molecule is CC(NC(=O)CCNc1cccc(C#N)c1)c1ccccc1. The second-order valence-corrected chi connectivity index (χ2v) is 5.07. The molecule has 2 N–H and O–H groups in total. The Kier molecular flexibility index (Phi) is 5.56. The molecule has 2 aromatic rings. The van der Waals surface area contributed by atoms with E-state index in [1.165, 1.54) is 0 Å². The van der Waals surface area contributed by atoms with Gasteiger partial charge in [0.25, 0.3) is 0 Å². The largest absolute Gasteiger partial charge is 0.384 e. The van der Waals surface area contributed by atoms with Crippen LogP contribution in [0, 0.1) is 11.3 Å². The zero-order chi connectivity index (χ0) is 15.8. The Balaban J connectivity index is 1.77. The molecule has 2 rings (SSSR count). The van der Waals surface area contributed by atoms with Crippen molar-refractivity contribution in [2.24, 2.45) is 0 Å². The molecule has 0 radical (unpaired) electrons. The van der Waals surface area contributed by atoms with E-state index >= 15 is 0 Å². The molecular formula is C18H19N3O. The molecule has 1 atom stereocenters. The summed E-state index contributed by atoms with van der Waals surface area (Å²) in [5.74, 6) is 0.000269. The van der Waals surface area contributed by atoms with Gasteiger partial charge < -0.3 is 10.6 Å². The molecular weight excluding hydrogens is 274 g/mol. The van der Waals surface area contributed by atoms with Crippen LogP contribution in [0.5, 0.6) is 0 Å². The molecule has 0 aliphatic carbocycles. The van der Waals surface area contributed by atoms with E-state index in [4.69, 9.17) is 5.26 Å². The fraction of sp³-hybridized carbons (Fsp3) is 0.222. The topological polar surface area (TPSA) is 64.9 Å². The quantitative estimate of drug-likeness (QED) is 0.859. The van der Waals surface area contributed by atoms with E-state index in [0.717, 1.165) is 11.3 Å². The predicted molar refractivity (Wildman–Crippen MR) is 87.3 cm³/mol. The van der Waals surface area contributed by atoms with Crippen molar-refractivity contribution in [3.8, 4) is 6.07 Å². The van der Waals surface area contributed by atoms with Gasteiger partial charge in [-0.25, -0.2) is 0 Å². The highest BCUT2D eigenvalue weighted by Crippen LogP contribution is 2.12. The zero-order valence-corrected chi connectivity index (χ0v) is 12.5. The number of rotatable bonds is 6. The number of hydrogen-bond donors (Lipinski definition) is 2. The third kappa shape index (κ3) is 4.64. The van der Waals surface area contributed by atoms with Gasteiger partial charge in [-0.2, -0.15) is 5.26 Å². The van der Waals surface area contributed by atoms with Crippen LogP contribution in [0.15, 0.2) is 54.6 Å². The van der Waals surface area contributed by atoms with E-state index < -0.39 is 0 Å². The lowest BCUT2D eigenvalue weighted by molar-refractivity contribution is -0.121. The van der Waals surface area contributed by atoms with Crippen LogP contribution in [0.4, 0.5) is 5.69 Å². The summed E-state index contributed by atoms with van der Waals surface area (Å²) in [6.45, 7) is 2.50. The smallest absolute Gasteiger partial charge is 0.222 e. The van der Waals surface area contributed by atoms with Crippen LogP contribution in [-0.4, -0.2) is 12.5 Å². The number of nitriles is 1. The van der Waals surface area contributed by atoms with Crippen molar-refractivity contribution in [3.05, 3.63) is 65.7 Å². The summed E-state index contributed by atoms with van der Waals surface area (Å²) in [4.78, 5) is 11.9. The molecule has 0 aliphatic heterocycles. The minimum absolute atomic E-state index is 0.000269. The molecule has 4 heteroatoms. The summed E-state index contributed by atoms with van der Waals surface area (Å²) in [5, 5.41) is 15.0. The molecule has 1 unspecified atom stereocenters. The minimum atomic E-state index is -0.00406. The number of carbonyl (C=O) groups is 1. The molecule has 4 nitrogen and oxygen atoms in total. The number of hydrogen-bond acceptors (Lipinski definition) is 3. The molecule has 22 heavy (non-hydrogen) atoms. The summed E-state index contributed by atoms with van der Waals surface area (Å²) in [5.41, 5.74) is 2.54. The molecule has 0 aliphatic rings. The molecule has 0 fully saturated rings. The van der Waals surface area contributed by atoms with Crippen molar-refractivity contribution < 1.29 is 4.79 Å². The molecule has 1 amide bonds. The highest BCUT2D eigenvalue weighted by atomic mass is 16.1. The van der Waals surface area contributed by atoms with Gasteiger partial charge in [-0.3, -0.25) is 4.79 Å². The predicted octanol–water partition coefficient (Wildman–Crippen LogP) is 3.24. The van der Waals surface area contributed by atoms with Gasteiger partial charge in [0.1, 0.15) is 0 Å². The van der Waals surface area contributed by atoms with Crippen molar-refractivity contribution in [1.82, 2.24) is 5.32 Å². The van der Waals surface area contributed by atoms with Crippen LogP contribution in [0.25, 0.3) is 0 Å². The number of anilines is 1. The minimum Gasteiger partial charge on any atom is -0.384 e. The lowest BCUT2D eigenvalue weighted by atomic mass is 10.1. The van der Waals surface area contributed by atoms with Crippen LogP contribution in [0.2, 0.25) is 0 Å². The van der Waals surface area contributed by atoms with Gasteiger partial charge in [0.2, 0.25) is 5.91 Å². The highest BCUT2D eigenvalue weighted by molar-refractivity contribution is 5.77. The van der Waals surface area contributed by atoms with E-state index in [1.54, 1.807) is 12.1 Å². The average Bonchev–Trinajstić information content (AvgIpc) is 2.56. The first-order valence-electron chi connectivity index (χ1n) is 7.27. The zero-order valence-electron chi connectivity index (χ0n) is 12.5. The van der Waals surface area contributed by atoms with Gasteiger partial charge in [0, 0.05) is 18.7 Å². The molecule has 2 aromatic carbocycles.